The fourth-order valence-electron chi connectivity index (χ4n) is 2.70. The Balaban J connectivity index is 2.01. The van der Waals surface area contributed by atoms with Crippen LogP contribution in [0, 0.1) is 23.2 Å². The molecular formula is C15H19BrN2. The molecule has 2 atom stereocenters. The molecule has 96 valence electrons. The smallest absolute Gasteiger partial charge is 0.101 e. The molecule has 1 aromatic rings. The lowest BCUT2D eigenvalue weighted by molar-refractivity contribution is 0.268. The van der Waals surface area contributed by atoms with Gasteiger partial charge in [0.2, 0.25) is 0 Å². The number of nitriles is 1. The second-order valence-electron chi connectivity index (χ2n) is 5.20. The minimum atomic E-state index is 0.724. The van der Waals surface area contributed by atoms with Gasteiger partial charge in [-0.2, -0.15) is 5.26 Å². The summed E-state index contributed by atoms with van der Waals surface area (Å²) in [7, 11) is 0. The van der Waals surface area contributed by atoms with Gasteiger partial charge < -0.3 is 5.32 Å². The summed E-state index contributed by atoms with van der Waals surface area (Å²) in [5.41, 5.74) is 1.67. The molecule has 1 N–H and O–H groups in total. The van der Waals surface area contributed by atoms with Crippen LogP contribution in [-0.2, 0) is 0 Å². The van der Waals surface area contributed by atoms with E-state index in [0.717, 1.165) is 34.1 Å². The van der Waals surface area contributed by atoms with E-state index < -0.39 is 0 Å². The maximum absolute atomic E-state index is 9.09. The molecule has 3 heteroatoms. The topological polar surface area (TPSA) is 35.8 Å². The Morgan fingerprint density at radius 2 is 2.17 bits per heavy atom. The Labute approximate surface area is 118 Å². The van der Waals surface area contributed by atoms with Crippen molar-refractivity contribution in [3.63, 3.8) is 0 Å². The predicted molar refractivity (Wildman–Crippen MR) is 78.5 cm³/mol. The van der Waals surface area contributed by atoms with Gasteiger partial charge in [0.1, 0.15) is 6.07 Å². The van der Waals surface area contributed by atoms with E-state index in [9.17, 15) is 0 Å². The third-order valence-electron chi connectivity index (χ3n) is 3.95. The highest BCUT2D eigenvalue weighted by Gasteiger charge is 2.21. The molecule has 1 aromatic carbocycles. The van der Waals surface area contributed by atoms with E-state index in [1.165, 1.54) is 25.7 Å². The standard InChI is InChI=1S/C15H19BrN2/c1-11-4-2-3-5-13(11)10-18-15-8-14(16)7-6-12(15)9-17/h6-8,11,13,18H,2-5,10H2,1H3. The summed E-state index contributed by atoms with van der Waals surface area (Å²) in [5.74, 6) is 1.54. The minimum Gasteiger partial charge on any atom is -0.384 e. The Kier molecular flexibility index (Phi) is 4.66. The molecule has 2 nitrogen and oxygen atoms in total. The normalized spacial score (nSPS) is 23.4. The van der Waals surface area contributed by atoms with E-state index in [4.69, 9.17) is 5.26 Å². The number of rotatable bonds is 3. The first-order valence-corrected chi connectivity index (χ1v) is 7.43. The van der Waals surface area contributed by atoms with Crippen LogP contribution in [0.2, 0.25) is 0 Å². The molecule has 18 heavy (non-hydrogen) atoms. The molecule has 0 bridgehead atoms. The summed E-state index contributed by atoms with van der Waals surface area (Å²) in [6, 6.07) is 8.00. The number of nitrogens with one attached hydrogen (secondary N) is 1. The van der Waals surface area contributed by atoms with Crippen LogP contribution in [0.3, 0.4) is 0 Å². The van der Waals surface area contributed by atoms with Gasteiger partial charge >= 0.3 is 0 Å². The number of hydrogen-bond donors (Lipinski definition) is 1. The molecule has 0 amide bonds. The van der Waals surface area contributed by atoms with E-state index in [1.54, 1.807) is 0 Å². The lowest BCUT2D eigenvalue weighted by Crippen LogP contribution is -2.24. The van der Waals surface area contributed by atoms with E-state index in [-0.39, 0.29) is 0 Å². The monoisotopic (exact) mass is 306 g/mol. The predicted octanol–water partition coefficient (Wildman–Crippen LogP) is 4.56. The molecular weight excluding hydrogens is 288 g/mol. The van der Waals surface area contributed by atoms with Gasteiger partial charge in [-0.05, 0) is 36.5 Å². The van der Waals surface area contributed by atoms with Crippen molar-refractivity contribution in [3.8, 4) is 6.07 Å². The van der Waals surface area contributed by atoms with Crippen molar-refractivity contribution in [2.45, 2.75) is 32.6 Å². The van der Waals surface area contributed by atoms with Gasteiger partial charge in [0.25, 0.3) is 0 Å². The van der Waals surface area contributed by atoms with Crippen LogP contribution in [-0.4, -0.2) is 6.54 Å². The maximum atomic E-state index is 9.09. The molecule has 1 aliphatic rings. The maximum Gasteiger partial charge on any atom is 0.101 e. The average molecular weight is 307 g/mol. The minimum absolute atomic E-state index is 0.724. The fraction of sp³-hybridized carbons (Fsp3) is 0.533. The SMILES string of the molecule is CC1CCCCC1CNc1cc(Br)ccc1C#N. The second-order valence-corrected chi connectivity index (χ2v) is 6.12. The first kappa shape index (κ1) is 13.4. The first-order chi connectivity index (χ1) is 8.70. The van der Waals surface area contributed by atoms with Crippen LogP contribution in [0.5, 0.6) is 0 Å². The van der Waals surface area contributed by atoms with Crippen LogP contribution in [0.15, 0.2) is 22.7 Å². The first-order valence-electron chi connectivity index (χ1n) is 6.64. The summed E-state index contributed by atoms with van der Waals surface area (Å²) >= 11 is 3.45. The third-order valence-corrected chi connectivity index (χ3v) is 4.44. The van der Waals surface area contributed by atoms with Crippen molar-refractivity contribution < 1.29 is 0 Å². The number of nitrogens with zero attached hydrogens (tertiary/aromatic N) is 1. The highest BCUT2D eigenvalue weighted by atomic mass is 79.9. The number of anilines is 1. The molecule has 2 rings (SSSR count). The lowest BCUT2D eigenvalue weighted by atomic mass is 9.80. The van der Waals surface area contributed by atoms with Gasteiger partial charge in [-0.1, -0.05) is 42.1 Å². The van der Waals surface area contributed by atoms with Crippen LogP contribution < -0.4 is 5.32 Å². The van der Waals surface area contributed by atoms with Gasteiger partial charge in [0, 0.05) is 11.0 Å². The highest BCUT2D eigenvalue weighted by Crippen LogP contribution is 2.30. The van der Waals surface area contributed by atoms with Crippen molar-refractivity contribution in [3.05, 3.63) is 28.2 Å². The van der Waals surface area contributed by atoms with E-state index in [1.807, 2.05) is 18.2 Å². The van der Waals surface area contributed by atoms with E-state index in [2.05, 4.69) is 34.2 Å². The zero-order valence-corrected chi connectivity index (χ0v) is 12.3. The summed E-state index contributed by atoms with van der Waals surface area (Å²) in [6.45, 7) is 3.32. The van der Waals surface area contributed by atoms with Crippen molar-refractivity contribution in [1.82, 2.24) is 0 Å². The van der Waals surface area contributed by atoms with Crippen molar-refractivity contribution in [2.75, 3.05) is 11.9 Å². The van der Waals surface area contributed by atoms with Crippen LogP contribution in [0.4, 0.5) is 5.69 Å². The molecule has 0 saturated heterocycles. The quantitative estimate of drug-likeness (QED) is 0.888. The largest absolute Gasteiger partial charge is 0.384 e. The zero-order valence-electron chi connectivity index (χ0n) is 10.7. The van der Waals surface area contributed by atoms with Crippen molar-refractivity contribution in [2.24, 2.45) is 11.8 Å². The fourth-order valence-corrected chi connectivity index (χ4v) is 3.06. The Morgan fingerprint density at radius 1 is 1.39 bits per heavy atom. The molecule has 1 saturated carbocycles. The highest BCUT2D eigenvalue weighted by molar-refractivity contribution is 9.10. The second kappa shape index (κ2) is 6.24. The Morgan fingerprint density at radius 3 is 2.89 bits per heavy atom. The molecule has 0 heterocycles. The van der Waals surface area contributed by atoms with Gasteiger partial charge in [0.15, 0.2) is 0 Å². The number of halogens is 1. The zero-order chi connectivity index (χ0) is 13.0. The van der Waals surface area contributed by atoms with Crippen LogP contribution in [0.25, 0.3) is 0 Å². The van der Waals surface area contributed by atoms with Gasteiger partial charge in [-0.25, -0.2) is 0 Å². The Bertz CT molecular complexity index is 450. The molecule has 0 radical (unpaired) electrons. The average Bonchev–Trinajstić information content (AvgIpc) is 2.38. The summed E-state index contributed by atoms with van der Waals surface area (Å²) in [5, 5.41) is 12.5. The Hall–Kier alpha value is -1.01. The molecule has 0 aromatic heterocycles. The number of hydrogen-bond acceptors (Lipinski definition) is 2. The van der Waals surface area contributed by atoms with Crippen molar-refractivity contribution >= 4 is 21.6 Å². The summed E-state index contributed by atoms with van der Waals surface area (Å²) < 4.78 is 1.01. The van der Waals surface area contributed by atoms with Gasteiger partial charge in [0.05, 0.1) is 11.3 Å². The third kappa shape index (κ3) is 3.26. The van der Waals surface area contributed by atoms with Gasteiger partial charge in [-0.15, -0.1) is 0 Å². The van der Waals surface area contributed by atoms with Crippen LogP contribution in [0.1, 0.15) is 38.2 Å². The molecule has 2 unspecified atom stereocenters. The molecule has 1 aliphatic carbocycles. The van der Waals surface area contributed by atoms with E-state index in [0.29, 0.717) is 0 Å². The van der Waals surface area contributed by atoms with E-state index >= 15 is 0 Å². The number of benzene rings is 1. The summed E-state index contributed by atoms with van der Waals surface area (Å²) in [4.78, 5) is 0. The molecule has 0 spiro atoms. The van der Waals surface area contributed by atoms with Crippen molar-refractivity contribution in [1.29, 1.82) is 5.26 Å². The van der Waals surface area contributed by atoms with Gasteiger partial charge in [-0.3, -0.25) is 0 Å². The lowest BCUT2D eigenvalue weighted by Gasteiger charge is -2.29. The molecule has 0 aliphatic heterocycles. The summed E-state index contributed by atoms with van der Waals surface area (Å²) in [6.07, 6.45) is 5.37. The van der Waals surface area contributed by atoms with Crippen LogP contribution >= 0.6 is 15.9 Å². The molecule has 1 fully saturated rings.